The van der Waals surface area contributed by atoms with Crippen molar-refractivity contribution in [3.8, 4) is 0 Å². The Morgan fingerprint density at radius 2 is 2.07 bits per heavy atom. The first-order valence-electron chi connectivity index (χ1n) is 5.03. The van der Waals surface area contributed by atoms with Crippen molar-refractivity contribution in [2.75, 3.05) is 18.0 Å². The first-order valence-corrected chi connectivity index (χ1v) is 5.03. The highest BCUT2D eigenvalue weighted by Gasteiger charge is 2.02. The van der Waals surface area contributed by atoms with Crippen LogP contribution in [0.1, 0.15) is 13.8 Å². The topological polar surface area (TPSA) is 31.9 Å². The fraction of sp³-hybridized carbons (Fsp3) is 0.364. The number of nitrogens with zero attached hydrogens (tertiary/aromatic N) is 2. The van der Waals surface area contributed by atoms with Crippen LogP contribution in [0.3, 0.4) is 0 Å². The van der Waals surface area contributed by atoms with Crippen LogP contribution in [-0.2, 0) is 0 Å². The molecule has 0 atom stereocenters. The van der Waals surface area contributed by atoms with Crippen molar-refractivity contribution in [2.45, 2.75) is 13.8 Å². The molecule has 1 heterocycles. The normalized spacial score (nSPS) is 10.7. The van der Waals surface area contributed by atoms with E-state index in [0.717, 1.165) is 18.6 Å². The van der Waals surface area contributed by atoms with Crippen LogP contribution in [0.2, 0.25) is 0 Å². The summed E-state index contributed by atoms with van der Waals surface area (Å²) in [6, 6.07) is 6.38. The van der Waals surface area contributed by atoms with Gasteiger partial charge in [-0.2, -0.15) is 5.10 Å². The van der Waals surface area contributed by atoms with E-state index in [-0.39, 0.29) is 0 Å². The summed E-state index contributed by atoms with van der Waals surface area (Å²) in [4.78, 5) is 2.33. The van der Waals surface area contributed by atoms with Gasteiger partial charge in [0.25, 0.3) is 0 Å². The summed E-state index contributed by atoms with van der Waals surface area (Å²) in [7, 11) is 0. The summed E-state index contributed by atoms with van der Waals surface area (Å²) < 4.78 is 0. The molecule has 0 amide bonds. The van der Waals surface area contributed by atoms with Crippen LogP contribution in [0, 0.1) is 0 Å². The number of benzene rings is 1. The van der Waals surface area contributed by atoms with Crippen LogP contribution in [0.5, 0.6) is 0 Å². The molecule has 0 aliphatic heterocycles. The van der Waals surface area contributed by atoms with Gasteiger partial charge in [-0.1, -0.05) is 0 Å². The van der Waals surface area contributed by atoms with E-state index in [1.165, 1.54) is 11.1 Å². The molecular formula is C11H15N3. The average Bonchev–Trinajstić information content (AvgIpc) is 2.66. The number of nitrogens with one attached hydrogen (secondary N) is 1. The maximum Gasteiger partial charge on any atom is 0.0651 e. The molecule has 0 radical (unpaired) electrons. The zero-order chi connectivity index (χ0) is 9.97. The van der Waals surface area contributed by atoms with E-state index >= 15 is 0 Å². The number of H-pyrrole nitrogens is 1. The lowest BCUT2D eigenvalue weighted by atomic mass is 10.2. The minimum atomic E-state index is 1.04. The van der Waals surface area contributed by atoms with Gasteiger partial charge in [0, 0.05) is 24.2 Å². The van der Waals surface area contributed by atoms with Gasteiger partial charge >= 0.3 is 0 Å². The van der Waals surface area contributed by atoms with Gasteiger partial charge < -0.3 is 4.90 Å². The Morgan fingerprint density at radius 3 is 2.79 bits per heavy atom. The third kappa shape index (κ3) is 1.45. The number of aromatic nitrogens is 2. The maximum atomic E-state index is 4.01. The third-order valence-electron chi connectivity index (χ3n) is 2.55. The second kappa shape index (κ2) is 3.70. The Hall–Kier alpha value is -1.51. The molecule has 3 nitrogen and oxygen atoms in total. The van der Waals surface area contributed by atoms with Gasteiger partial charge in [-0.05, 0) is 32.0 Å². The zero-order valence-corrected chi connectivity index (χ0v) is 8.62. The Bertz CT molecular complexity index is 415. The maximum absolute atomic E-state index is 4.01. The minimum absolute atomic E-state index is 1.04. The SMILES string of the molecule is CCN(CC)c1ccc2[nH]ncc2c1. The standard InChI is InChI=1S/C11H15N3/c1-3-14(4-2)10-5-6-11-9(7-10)8-12-13-11/h5-8H,3-4H2,1-2H3,(H,12,13). The van der Waals surface area contributed by atoms with E-state index in [9.17, 15) is 0 Å². The predicted molar refractivity (Wildman–Crippen MR) is 59.7 cm³/mol. The van der Waals surface area contributed by atoms with Gasteiger partial charge in [-0.15, -0.1) is 0 Å². The smallest absolute Gasteiger partial charge is 0.0651 e. The molecule has 1 aromatic carbocycles. The van der Waals surface area contributed by atoms with Gasteiger partial charge in [0.1, 0.15) is 0 Å². The van der Waals surface area contributed by atoms with E-state index in [2.05, 4.69) is 47.1 Å². The molecule has 0 aliphatic carbocycles. The predicted octanol–water partition coefficient (Wildman–Crippen LogP) is 2.41. The summed E-state index contributed by atoms with van der Waals surface area (Å²) in [6.07, 6.45) is 1.86. The lowest BCUT2D eigenvalue weighted by molar-refractivity contribution is 0.867. The molecule has 0 saturated heterocycles. The van der Waals surface area contributed by atoms with Crippen molar-refractivity contribution < 1.29 is 0 Å². The van der Waals surface area contributed by atoms with Gasteiger partial charge in [0.15, 0.2) is 0 Å². The monoisotopic (exact) mass is 189 g/mol. The Balaban J connectivity index is 2.42. The number of hydrogen-bond donors (Lipinski definition) is 1. The van der Waals surface area contributed by atoms with Crippen LogP contribution in [0.4, 0.5) is 5.69 Å². The van der Waals surface area contributed by atoms with Crippen molar-refractivity contribution in [1.29, 1.82) is 0 Å². The molecule has 0 unspecified atom stereocenters. The molecular weight excluding hydrogens is 174 g/mol. The lowest BCUT2D eigenvalue weighted by Crippen LogP contribution is -2.21. The Morgan fingerprint density at radius 1 is 1.29 bits per heavy atom. The van der Waals surface area contributed by atoms with E-state index in [1.54, 1.807) is 0 Å². The fourth-order valence-corrected chi connectivity index (χ4v) is 1.72. The molecule has 0 aliphatic rings. The quantitative estimate of drug-likeness (QED) is 0.804. The Labute approximate surface area is 83.7 Å². The molecule has 0 bridgehead atoms. The molecule has 0 saturated carbocycles. The van der Waals surface area contributed by atoms with E-state index in [0.29, 0.717) is 0 Å². The number of hydrogen-bond acceptors (Lipinski definition) is 2. The third-order valence-corrected chi connectivity index (χ3v) is 2.55. The molecule has 0 spiro atoms. The van der Waals surface area contributed by atoms with E-state index < -0.39 is 0 Å². The van der Waals surface area contributed by atoms with Crippen molar-refractivity contribution in [2.24, 2.45) is 0 Å². The lowest BCUT2D eigenvalue weighted by Gasteiger charge is -2.20. The Kier molecular flexibility index (Phi) is 2.39. The fourth-order valence-electron chi connectivity index (χ4n) is 1.72. The van der Waals surface area contributed by atoms with Crippen LogP contribution >= 0.6 is 0 Å². The van der Waals surface area contributed by atoms with Gasteiger partial charge in [-0.25, -0.2) is 0 Å². The van der Waals surface area contributed by atoms with Crippen LogP contribution in [0.15, 0.2) is 24.4 Å². The minimum Gasteiger partial charge on any atom is -0.372 e. The summed E-state index contributed by atoms with van der Waals surface area (Å²) in [6.45, 7) is 6.42. The summed E-state index contributed by atoms with van der Waals surface area (Å²) in [5.41, 5.74) is 2.37. The molecule has 2 rings (SSSR count). The van der Waals surface area contributed by atoms with Gasteiger partial charge in [0.2, 0.25) is 0 Å². The number of fused-ring (bicyclic) bond motifs is 1. The molecule has 14 heavy (non-hydrogen) atoms. The van der Waals surface area contributed by atoms with Crippen LogP contribution < -0.4 is 4.90 Å². The van der Waals surface area contributed by atoms with Gasteiger partial charge in [0.05, 0.1) is 11.7 Å². The van der Waals surface area contributed by atoms with E-state index in [4.69, 9.17) is 0 Å². The number of rotatable bonds is 3. The molecule has 1 N–H and O–H groups in total. The highest BCUT2D eigenvalue weighted by Crippen LogP contribution is 2.19. The van der Waals surface area contributed by atoms with Crippen molar-refractivity contribution in [3.05, 3.63) is 24.4 Å². The molecule has 0 fully saturated rings. The highest BCUT2D eigenvalue weighted by molar-refractivity contribution is 5.81. The van der Waals surface area contributed by atoms with Crippen LogP contribution in [0.25, 0.3) is 10.9 Å². The highest BCUT2D eigenvalue weighted by atomic mass is 15.1. The second-order valence-corrected chi connectivity index (χ2v) is 3.31. The first kappa shape index (κ1) is 9.06. The molecule has 3 heteroatoms. The van der Waals surface area contributed by atoms with Crippen LogP contribution in [-0.4, -0.2) is 23.3 Å². The summed E-state index contributed by atoms with van der Waals surface area (Å²) in [5, 5.41) is 8.14. The largest absolute Gasteiger partial charge is 0.372 e. The number of anilines is 1. The first-order chi connectivity index (χ1) is 6.85. The van der Waals surface area contributed by atoms with Crippen molar-refractivity contribution >= 4 is 16.6 Å². The second-order valence-electron chi connectivity index (χ2n) is 3.31. The zero-order valence-electron chi connectivity index (χ0n) is 8.62. The number of aromatic amines is 1. The molecule has 74 valence electrons. The summed E-state index contributed by atoms with van der Waals surface area (Å²) in [5.74, 6) is 0. The molecule has 2 aromatic rings. The summed E-state index contributed by atoms with van der Waals surface area (Å²) >= 11 is 0. The van der Waals surface area contributed by atoms with Crippen molar-refractivity contribution in [3.63, 3.8) is 0 Å². The molecule has 1 aromatic heterocycles. The average molecular weight is 189 g/mol. The van der Waals surface area contributed by atoms with Gasteiger partial charge in [-0.3, -0.25) is 5.10 Å². The van der Waals surface area contributed by atoms with Crippen molar-refractivity contribution in [1.82, 2.24) is 10.2 Å². The van der Waals surface area contributed by atoms with E-state index in [1.807, 2.05) is 6.20 Å².